The van der Waals surface area contributed by atoms with E-state index < -0.39 is 5.91 Å². The molecule has 0 fully saturated rings. The highest BCUT2D eigenvalue weighted by atomic mass is 79.9. The molecule has 0 aliphatic rings. The number of hydrogen-bond acceptors (Lipinski definition) is 4. The molecular weight excluding hydrogens is 508 g/mol. The molecule has 0 spiro atoms. The smallest absolute Gasteiger partial charge is 0.277 e. The fourth-order valence-electron chi connectivity index (χ4n) is 1.84. The summed E-state index contributed by atoms with van der Waals surface area (Å²) in [4.78, 5) is 11.8. The van der Waals surface area contributed by atoms with Gasteiger partial charge in [-0.05, 0) is 58.7 Å². The van der Waals surface area contributed by atoms with Crippen LogP contribution >= 0.6 is 47.8 Å². The Morgan fingerprint density at radius 2 is 2.00 bits per heavy atom. The number of phenolic OH excluding ortho intramolecular Hbond substituents is 1. The quantitative estimate of drug-likeness (QED) is 0.450. The highest BCUT2D eigenvalue weighted by Gasteiger charge is 2.09. The number of rotatable bonds is 5. The molecule has 0 aromatic heterocycles. The molecule has 0 atom stereocenters. The van der Waals surface area contributed by atoms with E-state index in [0.717, 1.165) is 19.0 Å². The van der Waals surface area contributed by atoms with Gasteiger partial charge in [0.1, 0.15) is 11.5 Å². The largest absolute Gasteiger partial charge is 0.507 e. The zero-order chi connectivity index (χ0) is 17.7. The molecule has 1 amide bonds. The summed E-state index contributed by atoms with van der Waals surface area (Å²) in [5.41, 5.74) is 3.73. The number of benzene rings is 2. The number of carbonyl (C=O) groups excluding carboxylic acids is 1. The summed E-state index contributed by atoms with van der Waals surface area (Å²) in [6.45, 7) is 1.71. The van der Waals surface area contributed by atoms with E-state index in [1.54, 1.807) is 12.1 Å². The number of carbonyl (C=O) groups is 1. The molecular formula is C16H13Br3N2O3. The molecule has 2 rings (SSSR count). The summed E-state index contributed by atoms with van der Waals surface area (Å²) in [6, 6.07) is 8.66. The van der Waals surface area contributed by atoms with Crippen molar-refractivity contribution in [3.05, 3.63) is 54.9 Å². The number of nitrogens with one attached hydrogen (secondary N) is 1. The molecule has 0 bridgehead atoms. The van der Waals surface area contributed by atoms with Crippen LogP contribution in [0.1, 0.15) is 11.1 Å². The summed E-state index contributed by atoms with van der Waals surface area (Å²) < 4.78 is 7.99. The molecule has 0 radical (unpaired) electrons. The first-order chi connectivity index (χ1) is 11.4. The number of aromatic hydroxyl groups is 1. The lowest BCUT2D eigenvalue weighted by Gasteiger charge is -2.10. The van der Waals surface area contributed by atoms with Crippen molar-refractivity contribution < 1.29 is 14.6 Å². The number of phenols is 1. The van der Waals surface area contributed by atoms with Gasteiger partial charge < -0.3 is 9.84 Å². The van der Waals surface area contributed by atoms with Crippen LogP contribution in [-0.4, -0.2) is 23.8 Å². The highest BCUT2D eigenvalue weighted by molar-refractivity contribution is 9.11. The molecule has 0 unspecified atom stereocenters. The number of amides is 1. The first-order valence-corrected chi connectivity index (χ1v) is 9.13. The van der Waals surface area contributed by atoms with Crippen molar-refractivity contribution in [3.8, 4) is 11.5 Å². The molecule has 0 heterocycles. The molecule has 5 nitrogen and oxygen atoms in total. The fourth-order valence-corrected chi connectivity index (χ4v) is 3.78. The van der Waals surface area contributed by atoms with Crippen molar-refractivity contribution in [3.63, 3.8) is 0 Å². The minimum absolute atomic E-state index is 0.0712. The maximum absolute atomic E-state index is 11.8. The Bertz CT molecular complexity index is 771. The Balaban J connectivity index is 1.92. The summed E-state index contributed by atoms with van der Waals surface area (Å²) in [7, 11) is 0. The van der Waals surface area contributed by atoms with Crippen molar-refractivity contribution in [1.29, 1.82) is 0 Å². The average molecular weight is 521 g/mol. The Labute approximate surface area is 164 Å². The molecule has 2 N–H and O–H groups in total. The van der Waals surface area contributed by atoms with E-state index in [9.17, 15) is 9.90 Å². The number of halogens is 3. The van der Waals surface area contributed by atoms with Gasteiger partial charge >= 0.3 is 0 Å². The molecule has 24 heavy (non-hydrogen) atoms. The van der Waals surface area contributed by atoms with Crippen molar-refractivity contribution >= 4 is 59.9 Å². The normalized spacial score (nSPS) is 10.8. The molecule has 2 aromatic rings. The van der Waals surface area contributed by atoms with Gasteiger partial charge in [0.2, 0.25) is 0 Å². The van der Waals surface area contributed by atoms with Gasteiger partial charge in [0.05, 0.1) is 10.7 Å². The maximum Gasteiger partial charge on any atom is 0.277 e. The van der Waals surface area contributed by atoms with Crippen LogP contribution in [0.4, 0.5) is 0 Å². The van der Waals surface area contributed by atoms with E-state index in [2.05, 4.69) is 58.3 Å². The Hall–Kier alpha value is -1.38. The number of hydrogen-bond donors (Lipinski definition) is 2. The summed E-state index contributed by atoms with van der Waals surface area (Å²) in [5, 5.41) is 13.5. The average Bonchev–Trinajstić information content (AvgIpc) is 2.49. The standard InChI is InChI=1S/C16H13Br3N2O3/c1-9-4-12(18)6-13(19)16(9)24-8-15(23)21-20-7-10-5-11(17)2-3-14(10)22/h2-7,22H,8H2,1H3,(H,21,23)/b20-7+. The Morgan fingerprint density at radius 3 is 2.71 bits per heavy atom. The van der Waals surface area contributed by atoms with Gasteiger partial charge in [-0.1, -0.05) is 31.9 Å². The molecule has 2 aromatic carbocycles. The highest BCUT2D eigenvalue weighted by Crippen LogP contribution is 2.32. The zero-order valence-corrected chi connectivity index (χ0v) is 17.3. The lowest BCUT2D eigenvalue weighted by molar-refractivity contribution is -0.123. The Morgan fingerprint density at radius 1 is 1.25 bits per heavy atom. The van der Waals surface area contributed by atoms with Crippen LogP contribution in [0.5, 0.6) is 11.5 Å². The number of hydrazone groups is 1. The van der Waals surface area contributed by atoms with Gasteiger partial charge in [0.15, 0.2) is 6.61 Å². The van der Waals surface area contributed by atoms with Crippen LogP contribution in [0, 0.1) is 6.92 Å². The summed E-state index contributed by atoms with van der Waals surface area (Å²) >= 11 is 10.1. The summed E-state index contributed by atoms with van der Waals surface area (Å²) in [5.74, 6) is 0.263. The second kappa shape index (κ2) is 8.64. The van der Waals surface area contributed by atoms with Gasteiger partial charge in [-0.3, -0.25) is 4.79 Å². The van der Waals surface area contributed by atoms with E-state index in [-0.39, 0.29) is 12.4 Å². The van der Waals surface area contributed by atoms with Crippen LogP contribution in [0.15, 0.2) is 48.9 Å². The SMILES string of the molecule is Cc1cc(Br)cc(Br)c1OCC(=O)N/N=C/c1cc(Br)ccc1O. The Kier molecular flexibility index (Phi) is 6.82. The molecule has 8 heteroatoms. The van der Waals surface area contributed by atoms with Crippen LogP contribution in [0.2, 0.25) is 0 Å². The lowest BCUT2D eigenvalue weighted by Crippen LogP contribution is -2.24. The first-order valence-electron chi connectivity index (χ1n) is 6.75. The molecule has 0 saturated carbocycles. The predicted molar refractivity (Wildman–Crippen MR) is 104 cm³/mol. The van der Waals surface area contributed by atoms with Crippen LogP contribution in [-0.2, 0) is 4.79 Å². The second-order valence-corrected chi connectivity index (χ2v) is 7.50. The topological polar surface area (TPSA) is 70.9 Å². The van der Waals surface area contributed by atoms with Crippen molar-refractivity contribution in [2.24, 2.45) is 5.10 Å². The van der Waals surface area contributed by atoms with Crippen molar-refractivity contribution in [1.82, 2.24) is 5.43 Å². The molecule has 0 aliphatic heterocycles. The van der Waals surface area contributed by atoms with E-state index in [1.165, 1.54) is 12.3 Å². The lowest BCUT2D eigenvalue weighted by atomic mass is 10.2. The van der Waals surface area contributed by atoms with Gasteiger partial charge in [0, 0.05) is 14.5 Å². The van der Waals surface area contributed by atoms with Gasteiger partial charge in [-0.25, -0.2) is 5.43 Å². The first kappa shape index (κ1) is 19.0. The van der Waals surface area contributed by atoms with Gasteiger partial charge in [-0.2, -0.15) is 5.10 Å². The van der Waals surface area contributed by atoms with Crippen molar-refractivity contribution in [2.75, 3.05) is 6.61 Å². The predicted octanol–water partition coefficient (Wildman–Crippen LogP) is 4.52. The second-order valence-electron chi connectivity index (χ2n) is 4.82. The van der Waals surface area contributed by atoms with Gasteiger partial charge in [0.25, 0.3) is 5.91 Å². The number of nitrogens with zero attached hydrogens (tertiary/aromatic N) is 1. The van der Waals surface area contributed by atoms with E-state index >= 15 is 0 Å². The van der Waals surface area contributed by atoms with Crippen LogP contribution in [0.25, 0.3) is 0 Å². The third kappa shape index (κ3) is 5.32. The molecule has 0 aliphatic carbocycles. The maximum atomic E-state index is 11.8. The summed E-state index contributed by atoms with van der Waals surface area (Å²) in [6.07, 6.45) is 1.36. The fraction of sp³-hybridized carbons (Fsp3) is 0.125. The third-order valence-corrected chi connectivity index (χ3v) is 4.46. The number of aryl methyl sites for hydroxylation is 1. The number of ether oxygens (including phenoxy) is 1. The minimum Gasteiger partial charge on any atom is -0.507 e. The zero-order valence-electron chi connectivity index (χ0n) is 12.5. The van der Waals surface area contributed by atoms with E-state index in [4.69, 9.17) is 4.74 Å². The minimum atomic E-state index is -0.407. The monoisotopic (exact) mass is 518 g/mol. The third-order valence-electron chi connectivity index (χ3n) is 2.92. The van der Waals surface area contributed by atoms with E-state index in [0.29, 0.717) is 11.3 Å². The van der Waals surface area contributed by atoms with Crippen molar-refractivity contribution in [2.45, 2.75) is 6.92 Å². The van der Waals surface area contributed by atoms with Gasteiger partial charge in [-0.15, -0.1) is 0 Å². The van der Waals surface area contributed by atoms with Crippen LogP contribution < -0.4 is 10.2 Å². The molecule has 0 saturated heterocycles. The van der Waals surface area contributed by atoms with Crippen LogP contribution in [0.3, 0.4) is 0 Å². The van der Waals surface area contributed by atoms with E-state index in [1.807, 2.05) is 19.1 Å². The molecule has 126 valence electrons.